The zero-order valence-corrected chi connectivity index (χ0v) is 12.6. The van der Waals surface area contributed by atoms with Crippen molar-refractivity contribution in [3.8, 4) is 42.3 Å². The molecule has 0 amide bonds. The molecule has 6 nitrogen and oxygen atoms in total. The van der Waals surface area contributed by atoms with Crippen LogP contribution in [0.3, 0.4) is 0 Å². The lowest BCUT2D eigenvalue weighted by Gasteiger charge is -2.09. The number of nitrogens with zero attached hydrogens (tertiary/aromatic N) is 3. The van der Waals surface area contributed by atoms with E-state index >= 15 is 0 Å². The first kappa shape index (κ1) is 19.5. The van der Waals surface area contributed by atoms with E-state index in [1.807, 2.05) is 0 Å². The molecule has 0 fully saturated rings. The molecule has 0 aromatic heterocycles. The molecule has 1 N–H and O–H groups in total. The number of aromatic hydroxyl groups is 1. The van der Waals surface area contributed by atoms with Crippen LogP contribution in [0.15, 0.2) is 29.4 Å². The molecule has 0 aliphatic carbocycles. The third-order valence-electron chi connectivity index (χ3n) is 2.32. The van der Waals surface area contributed by atoms with Gasteiger partial charge in [-0.1, -0.05) is 17.2 Å². The third-order valence-corrected chi connectivity index (χ3v) is 2.32. The Bertz CT molecular complexity index is 676. The fourth-order valence-electron chi connectivity index (χ4n) is 1.40. The smallest absolute Gasteiger partial charge is 0.315 e. The normalized spacial score (nSPS) is 9.17. The number of phenols is 1. The predicted molar refractivity (Wildman–Crippen MR) is 86.8 cm³/mol. The largest absolute Gasteiger partial charge is 0.508 e. The van der Waals surface area contributed by atoms with Crippen molar-refractivity contribution >= 4 is 5.97 Å². The van der Waals surface area contributed by atoms with Gasteiger partial charge in [-0.05, 0) is 60.3 Å². The molecule has 0 radical (unpaired) electrons. The molecule has 0 saturated carbocycles. The van der Waals surface area contributed by atoms with E-state index in [9.17, 15) is 4.79 Å². The highest BCUT2D eigenvalue weighted by Crippen LogP contribution is 2.13. The molecule has 1 aromatic rings. The number of ether oxygens (including phenoxy) is 1. The van der Waals surface area contributed by atoms with Crippen LogP contribution in [0.5, 0.6) is 5.75 Å². The van der Waals surface area contributed by atoms with Crippen LogP contribution < -0.4 is 0 Å². The Labute approximate surface area is 135 Å². The first-order valence-corrected chi connectivity index (χ1v) is 6.49. The molecule has 0 heterocycles. The quantitative estimate of drug-likeness (QED) is 0.297. The van der Waals surface area contributed by atoms with Gasteiger partial charge >= 0.3 is 5.97 Å². The van der Waals surface area contributed by atoms with E-state index in [0.29, 0.717) is 0 Å². The summed E-state index contributed by atoms with van der Waals surface area (Å²) in [6.07, 6.45) is 9.64. The van der Waals surface area contributed by atoms with Gasteiger partial charge in [0.25, 0.3) is 0 Å². The minimum atomic E-state index is -0.871. The maximum atomic E-state index is 11.5. The van der Waals surface area contributed by atoms with Gasteiger partial charge < -0.3 is 9.84 Å². The summed E-state index contributed by atoms with van der Waals surface area (Å²) < 4.78 is 4.80. The zero-order chi connectivity index (χ0) is 17.5. The van der Waals surface area contributed by atoms with Crippen molar-refractivity contribution in [2.24, 2.45) is 5.11 Å². The Morgan fingerprint density at radius 3 is 2.35 bits per heavy atom. The molecule has 0 aliphatic heterocycles. The van der Waals surface area contributed by atoms with Gasteiger partial charge in [0, 0.05) is 4.91 Å². The van der Waals surface area contributed by atoms with Crippen LogP contribution in [0.4, 0.5) is 0 Å². The molecule has 0 spiro atoms. The van der Waals surface area contributed by atoms with Gasteiger partial charge in [-0.25, -0.2) is 0 Å². The standard InChI is InChI=1S/C11H13N3O3.C6H2/c1-2-17-11(16)10(13-14-12)7-8-3-5-9(15)6-4-8;1-3-5-6-4-2/h3-6,10,15H,2,7H2,1H3;1-2H/t10-;/m0./s1. The average Bonchev–Trinajstić information content (AvgIpc) is 2.55. The number of hydrogen-bond acceptors (Lipinski definition) is 4. The third kappa shape index (κ3) is 9.10. The monoisotopic (exact) mass is 309 g/mol. The summed E-state index contributed by atoms with van der Waals surface area (Å²) in [5.74, 6) is 8.21. The van der Waals surface area contributed by atoms with Gasteiger partial charge in [0.1, 0.15) is 11.8 Å². The van der Waals surface area contributed by atoms with Gasteiger partial charge in [-0.15, -0.1) is 12.8 Å². The van der Waals surface area contributed by atoms with Crippen LogP contribution in [0.25, 0.3) is 10.4 Å². The van der Waals surface area contributed by atoms with Crippen molar-refractivity contribution < 1.29 is 14.6 Å². The number of hydrogen-bond donors (Lipinski definition) is 1. The molecule has 1 atom stereocenters. The van der Waals surface area contributed by atoms with Crippen molar-refractivity contribution in [1.29, 1.82) is 0 Å². The van der Waals surface area contributed by atoms with E-state index in [1.165, 1.54) is 12.1 Å². The maximum Gasteiger partial charge on any atom is 0.315 e. The molecule has 116 valence electrons. The van der Waals surface area contributed by atoms with Crippen molar-refractivity contribution in [1.82, 2.24) is 0 Å². The number of benzene rings is 1. The zero-order valence-electron chi connectivity index (χ0n) is 12.6. The predicted octanol–water partition coefficient (Wildman–Crippen LogP) is 2.43. The van der Waals surface area contributed by atoms with Gasteiger partial charge in [0.15, 0.2) is 0 Å². The highest BCUT2D eigenvalue weighted by molar-refractivity contribution is 5.76. The lowest BCUT2D eigenvalue weighted by molar-refractivity contribution is -0.144. The van der Waals surface area contributed by atoms with Crippen LogP contribution in [-0.4, -0.2) is 23.7 Å². The minimum Gasteiger partial charge on any atom is -0.508 e. The fraction of sp³-hybridized carbons (Fsp3) is 0.235. The lowest BCUT2D eigenvalue weighted by atomic mass is 10.1. The molecule has 1 rings (SSSR count). The number of carbonyl (C=O) groups is 1. The number of phenolic OH excluding ortho intramolecular Hbond substituents is 1. The second-order valence-electron chi connectivity index (χ2n) is 3.88. The molecule has 6 heteroatoms. The first-order valence-electron chi connectivity index (χ1n) is 6.49. The molecule has 0 unspecified atom stereocenters. The fourth-order valence-corrected chi connectivity index (χ4v) is 1.40. The van der Waals surface area contributed by atoms with Crippen LogP contribution in [-0.2, 0) is 16.0 Å². The summed E-state index contributed by atoms with van der Waals surface area (Å²) in [4.78, 5) is 14.1. The summed E-state index contributed by atoms with van der Waals surface area (Å²) in [6, 6.07) is 5.47. The topological polar surface area (TPSA) is 95.3 Å². The van der Waals surface area contributed by atoms with Gasteiger partial charge in [-0.2, -0.15) is 0 Å². The molecular formula is C17H15N3O3. The number of esters is 1. The number of carbonyl (C=O) groups excluding carboxylic acids is 1. The summed E-state index contributed by atoms with van der Waals surface area (Å²) >= 11 is 0. The van der Waals surface area contributed by atoms with Crippen molar-refractivity contribution in [3.63, 3.8) is 0 Å². The summed E-state index contributed by atoms with van der Waals surface area (Å²) in [5.41, 5.74) is 9.17. The number of rotatable bonds is 5. The van der Waals surface area contributed by atoms with E-state index in [0.717, 1.165) is 5.56 Å². The molecular weight excluding hydrogens is 294 g/mol. The Hall–Kier alpha value is -3.52. The van der Waals surface area contributed by atoms with Gasteiger partial charge in [-0.3, -0.25) is 4.79 Å². The van der Waals surface area contributed by atoms with Crippen LogP contribution >= 0.6 is 0 Å². The van der Waals surface area contributed by atoms with E-state index < -0.39 is 12.0 Å². The summed E-state index contributed by atoms with van der Waals surface area (Å²) in [5, 5.41) is 12.5. The highest BCUT2D eigenvalue weighted by Gasteiger charge is 2.18. The number of terminal acetylenes is 2. The summed E-state index contributed by atoms with van der Waals surface area (Å²) in [6.45, 7) is 1.93. The van der Waals surface area contributed by atoms with E-state index in [2.05, 4.69) is 33.7 Å². The second kappa shape index (κ2) is 12.2. The molecule has 23 heavy (non-hydrogen) atoms. The average molecular weight is 309 g/mol. The van der Waals surface area contributed by atoms with E-state index in [4.69, 9.17) is 28.2 Å². The summed E-state index contributed by atoms with van der Waals surface area (Å²) in [7, 11) is 0. The Morgan fingerprint density at radius 1 is 1.35 bits per heavy atom. The van der Waals surface area contributed by atoms with Crippen molar-refractivity contribution in [2.75, 3.05) is 6.61 Å². The molecule has 0 saturated heterocycles. The van der Waals surface area contributed by atoms with Crippen LogP contribution in [0, 0.1) is 36.5 Å². The van der Waals surface area contributed by atoms with Gasteiger partial charge in [0.05, 0.1) is 6.61 Å². The van der Waals surface area contributed by atoms with Crippen molar-refractivity contribution in [3.05, 3.63) is 40.3 Å². The second-order valence-corrected chi connectivity index (χ2v) is 3.88. The number of azide groups is 1. The van der Waals surface area contributed by atoms with E-state index in [1.54, 1.807) is 19.1 Å². The highest BCUT2D eigenvalue weighted by atomic mass is 16.5. The van der Waals surface area contributed by atoms with Crippen molar-refractivity contribution in [2.45, 2.75) is 19.4 Å². The van der Waals surface area contributed by atoms with Gasteiger partial charge in [0.2, 0.25) is 0 Å². The van der Waals surface area contributed by atoms with Crippen LogP contribution in [0.1, 0.15) is 12.5 Å². The minimum absolute atomic E-state index is 0.144. The first-order chi connectivity index (χ1) is 11.1. The van der Waals surface area contributed by atoms with Crippen LogP contribution in [0.2, 0.25) is 0 Å². The Balaban J connectivity index is 0.000000688. The lowest BCUT2D eigenvalue weighted by Crippen LogP contribution is -2.23. The molecule has 1 aromatic carbocycles. The maximum absolute atomic E-state index is 11.5. The molecule has 0 bridgehead atoms. The molecule has 0 aliphatic rings. The SMILES string of the molecule is C#CC#CC#C.CCOC(=O)[C@H](Cc1ccc(O)cc1)N=[N+]=[N-]. The van der Waals surface area contributed by atoms with E-state index in [-0.39, 0.29) is 18.8 Å². The Morgan fingerprint density at radius 2 is 1.91 bits per heavy atom. The Kier molecular flexibility index (Phi) is 10.4.